The van der Waals surface area contributed by atoms with Gasteiger partial charge in [-0.3, -0.25) is 0 Å². The van der Waals surface area contributed by atoms with Crippen molar-refractivity contribution in [1.82, 2.24) is 0 Å². The van der Waals surface area contributed by atoms with Gasteiger partial charge in [0.2, 0.25) is 0 Å². The van der Waals surface area contributed by atoms with E-state index in [-0.39, 0.29) is 0 Å². The second kappa shape index (κ2) is 7.28. The fraction of sp³-hybridized carbons (Fsp3) is 1.00. The van der Waals surface area contributed by atoms with Crippen molar-refractivity contribution in [3.05, 3.63) is 0 Å². The van der Waals surface area contributed by atoms with Crippen molar-refractivity contribution in [1.29, 1.82) is 0 Å². The molecule has 0 aliphatic heterocycles. The summed E-state index contributed by atoms with van der Waals surface area (Å²) in [5.41, 5.74) is 0. The molecule has 1 nitrogen and oxygen atoms in total. The third-order valence-electron chi connectivity index (χ3n) is 3.31. The molecule has 0 amide bonds. The third-order valence-corrected chi connectivity index (χ3v) is 3.31. The second-order valence-corrected chi connectivity index (χ2v) is 4.79. The maximum Gasteiger partial charge on any atom is 0.0547 e. The predicted octanol–water partition coefficient (Wildman–Crippen LogP) is 4.16. The van der Waals surface area contributed by atoms with Gasteiger partial charge < -0.3 is 4.74 Å². The standard InChI is InChI=1S/C13H26O/c1-3-4-5-8-12(2)14-11-13-9-6-7-10-13/h12-13H,3-11H2,1-2H3. The number of ether oxygens (including phenoxy) is 1. The molecule has 1 saturated carbocycles. The topological polar surface area (TPSA) is 9.23 Å². The molecule has 1 aliphatic rings. The zero-order valence-electron chi connectivity index (χ0n) is 9.93. The molecule has 0 aromatic carbocycles. The first kappa shape index (κ1) is 12.0. The monoisotopic (exact) mass is 198 g/mol. The van der Waals surface area contributed by atoms with Gasteiger partial charge in [-0.1, -0.05) is 39.0 Å². The molecule has 1 fully saturated rings. The Balaban J connectivity index is 1.93. The average molecular weight is 198 g/mol. The van der Waals surface area contributed by atoms with Crippen LogP contribution in [0.1, 0.15) is 65.2 Å². The van der Waals surface area contributed by atoms with Gasteiger partial charge in [0.15, 0.2) is 0 Å². The lowest BCUT2D eigenvalue weighted by Crippen LogP contribution is -2.14. The largest absolute Gasteiger partial charge is 0.378 e. The summed E-state index contributed by atoms with van der Waals surface area (Å²) in [5.74, 6) is 0.878. The van der Waals surface area contributed by atoms with Gasteiger partial charge in [0.05, 0.1) is 6.10 Å². The molecule has 0 radical (unpaired) electrons. The molecule has 0 saturated heterocycles. The van der Waals surface area contributed by atoms with Gasteiger partial charge in [-0.05, 0) is 32.1 Å². The lowest BCUT2D eigenvalue weighted by molar-refractivity contribution is 0.0352. The van der Waals surface area contributed by atoms with Crippen LogP contribution in [0.4, 0.5) is 0 Å². The Hall–Kier alpha value is -0.0400. The van der Waals surface area contributed by atoms with E-state index in [1.54, 1.807) is 0 Å². The second-order valence-electron chi connectivity index (χ2n) is 4.79. The zero-order valence-corrected chi connectivity index (χ0v) is 9.93. The minimum Gasteiger partial charge on any atom is -0.378 e. The normalized spacial score (nSPS) is 20.1. The van der Waals surface area contributed by atoms with Crippen LogP contribution in [-0.2, 0) is 4.74 Å². The van der Waals surface area contributed by atoms with Crippen LogP contribution in [0.3, 0.4) is 0 Å². The summed E-state index contributed by atoms with van der Waals surface area (Å²) in [7, 11) is 0. The molecular weight excluding hydrogens is 172 g/mol. The van der Waals surface area contributed by atoms with Crippen molar-refractivity contribution in [2.24, 2.45) is 5.92 Å². The van der Waals surface area contributed by atoms with Crippen molar-refractivity contribution in [3.63, 3.8) is 0 Å². The summed E-state index contributed by atoms with van der Waals surface area (Å²) in [4.78, 5) is 0. The lowest BCUT2D eigenvalue weighted by Gasteiger charge is -2.16. The highest BCUT2D eigenvalue weighted by Crippen LogP contribution is 2.25. The molecular formula is C13H26O. The summed E-state index contributed by atoms with van der Waals surface area (Å²) >= 11 is 0. The van der Waals surface area contributed by atoms with Crippen LogP contribution in [0.5, 0.6) is 0 Å². The highest BCUT2D eigenvalue weighted by molar-refractivity contribution is 4.67. The predicted molar refractivity (Wildman–Crippen MR) is 61.5 cm³/mol. The molecule has 0 spiro atoms. The molecule has 1 rings (SSSR count). The Morgan fingerprint density at radius 1 is 1.21 bits per heavy atom. The van der Waals surface area contributed by atoms with Crippen molar-refractivity contribution in [3.8, 4) is 0 Å². The van der Waals surface area contributed by atoms with E-state index in [1.165, 1.54) is 51.4 Å². The smallest absolute Gasteiger partial charge is 0.0547 e. The lowest BCUT2D eigenvalue weighted by atomic mass is 10.1. The van der Waals surface area contributed by atoms with E-state index in [1.807, 2.05) is 0 Å². The van der Waals surface area contributed by atoms with E-state index in [4.69, 9.17) is 4.74 Å². The van der Waals surface area contributed by atoms with E-state index >= 15 is 0 Å². The van der Waals surface area contributed by atoms with Crippen LogP contribution in [-0.4, -0.2) is 12.7 Å². The Morgan fingerprint density at radius 3 is 2.57 bits per heavy atom. The molecule has 1 heteroatoms. The SMILES string of the molecule is CCCCCC(C)OCC1CCCC1. The Labute approximate surface area is 89.2 Å². The van der Waals surface area contributed by atoms with E-state index in [0.29, 0.717) is 6.10 Å². The van der Waals surface area contributed by atoms with Crippen LogP contribution < -0.4 is 0 Å². The first-order valence-corrected chi connectivity index (χ1v) is 6.44. The molecule has 0 aromatic rings. The highest BCUT2D eigenvalue weighted by atomic mass is 16.5. The third kappa shape index (κ3) is 4.99. The van der Waals surface area contributed by atoms with Crippen molar-refractivity contribution in [2.45, 2.75) is 71.3 Å². The van der Waals surface area contributed by atoms with Gasteiger partial charge in [-0.15, -0.1) is 0 Å². The van der Waals surface area contributed by atoms with Crippen LogP contribution in [0.15, 0.2) is 0 Å². The molecule has 0 bridgehead atoms. The summed E-state index contributed by atoms with van der Waals surface area (Å²) in [6.07, 6.45) is 11.4. The van der Waals surface area contributed by atoms with Gasteiger partial charge in [0.25, 0.3) is 0 Å². The van der Waals surface area contributed by atoms with E-state index < -0.39 is 0 Å². The number of hydrogen-bond acceptors (Lipinski definition) is 1. The van der Waals surface area contributed by atoms with Crippen molar-refractivity contribution in [2.75, 3.05) is 6.61 Å². The number of hydrogen-bond donors (Lipinski definition) is 0. The quantitative estimate of drug-likeness (QED) is 0.558. The number of rotatable bonds is 7. The van der Waals surface area contributed by atoms with Crippen LogP contribution >= 0.6 is 0 Å². The van der Waals surface area contributed by atoms with Crippen LogP contribution in [0.2, 0.25) is 0 Å². The summed E-state index contributed by atoms with van der Waals surface area (Å²) in [6.45, 7) is 5.50. The Morgan fingerprint density at radius 2 is 1.93 bits per heavy atom. The van der Waals surface area contributed by atoms with E-state index in [2.05, 4.69) is 13.8 Å². The molecule has 0 heterocycles. The van der Waals surface area contributed by atoms with Crippen molar-refractivity contribution < 1.29 is 4.74 Å². The molecule has 0 aromatic heterocycles. The molecule has 14 heavy (non-hydrogen) atoms. The van der Waals surface area contributed by atoms with Gasteiger partial charge in [-0.25, -0.2) is 0 Å². The minimum atomic E-state index is 0.488. The summed E-state index contributed by atoms with van der Waals surface area (Å²) in [5, 5.41) is 0. The molecule has 1 unspecified atom stereocenters. The fourth-order valence-corrected chi connectivity index (χ4v) is 2.24. The highest BCUT2D eigenvalue weighted by Gasteiger charge is 2.15. The minimum absolute atomic E-state index is 0.488. The maximum absolute atomic E-state index is 5.87. The Bertz CT molecular complexity index is 127. The number of unbranched alkanes of at least 4 members (excludes halogenated alkanes) is 2. The fourth-order valence-electron chi connectivity index (χ4n) is 2.24. The first-order valence-electron chi connectivity index (χ1n) is 6.44. The summed E-state index contributed by atoms with van der Waals surface area (Å²) in [6, 6.07) is 0. The molecule has 1 atom stereocenters. The maximum atomic E-state index is 5.87. The van der Waals surface area contributed by atoms with Crippen molar-refractivity contribution >= 4 is 0 Å². The van der Waals surface area contributed by atoms with Gasteiger partial charge >= 0.3 is 0 Å². The Kier molecular flexibility index (Phi) is 6.25. The first-order chi connectivity index (χ1) is 6.83. The van der Waals surface area contributed by atoms with Crippen LogP contribution in [0, 0.1) is 5.92 Å². The van der Waals surface area contributed by atoms with Gasteiger partial charge in [0, 0.05) is 6.61 Å². The van der Waals surface area contributed by atoms with Gasteiger partial charge in [0.1, 0.15) is 0 Å². The van der Waals surface area contributed by atoms with E-state index in [0.717, 1.165) is 12.5 Å². The molecule has 1 aliphatic carbocycles. The van der Waals surface area contributed by atoms with Crippen LogP contribution in [0.25, 0.3) is 0 Å². The summed E-state index contributed by atoms with van der Waals surface area (Å²) < 4.78 is 5.87. The van der Waals surface area contributed by atoms with Gasteiger partial charge in [-0.2, -0.15) is 0 Å². The molecule has 0 N–H and O–H groups in total. The zero-order chi connectivity index (χ0) is 10.2. The molecule has 84 valence electrons. The van der Waals surface area contributed by atoms with E-state index in [9.17, 15) is 0 Å². The average Bonchev–Trinajstić information content (AvgIpc) is 2.68.